The number of hydrogen-bond acceptors (Lipinski definition) is 6. The minimum Gasteiger partial charge on any atom is -0.507 e. The van der Waals surface area contributed by atoms with Crippen LogP contribution in [0.5, 0.6) is 11.5 Å². The van der Waals surface area contributed by atoms with Crippen LogP contribution in [0.4, 0.5) is 0 Å². The van der Waals surface area contributed by atoms with Gasteiger partial charge in [-0.15, -0.1) is 0 Å². The normalized spacial score (nSPS) is 11.1. The molecule has 0 spiro atoms. The van der Waals surface area contributed by atoms with Gasteiger partial charge in [0.05, 0.1) is 18.1 Å². The number of fused-ring (bicyclic) bond motifs is 1. The molecule has 1 heterocycles. The molecule has 0 unspecified atom stereocenters. The minimum atomic E-state index is -0.532. The number of aromatic hydroxyl groups is 1. The number of methoxy groups -OCH3 is 1. The van der Waals surface area contributed by atoms with Crippen LogP contribution in [0, 0.1) is 6.92 Å². The smallest absolute Gasteiger partial charge is 0.339 e. The highest BCUT2D eigenvalue weighted by atomic mass is 16.5. The highest BCUT2D eigenvalue weighted by molar-refractivity contribution is 6.01. The van der Waals surface area contributed by atoms with Gasteiger partial charge >= 0.3 is 5.63 Å². The average Bonchev–Trinajstić information content (AvgIpc) is 2.42. The summed E-state index contributed by atoms with van der Waals surface area (Å²) in [5, 5.41) is 10.4. The molecule has 0 saturated carbocycles. The fourth-order valence-electron chi connectivity index (χ4n) is 2.30. The molecule has 1 N–H and O–H groups in total. The van der Waals surface area contributed by atoms with Crippen LogP contribution in [0.15, 0.2) is 15.3 Å². The number of benzene rings is 1. The van der Waals surface area contributed by atoms with Gasteiger partial charge in [-0.05, 0) is 26.6 Å². The summed E-state index contributed by atoms with van der Waals surface area (Å²) < 4.78 is 10.5. The average molecular weight is 291 g/mol. The number of carbonyl (C=O) groups excluding carboxylic acids is 1. The largest absolute Gasteiger partial charge is 0.507 e. The van der Waals surface area contributed by atoms with E-state index >= 15 is 0 Å². The Morgan fingerprint density at radius 2 is 2.10 bits per heavy atom. The van der Waals surface area contributed by atoms with Crippen molar-refractivity contribution in [1.29, 1.82) is 0 Å². The Morgan fingerprint density at radius 1 is 1.43 bits per heavy atom. The summed E-state index contributed by atoms with van der Waals surface area (Å²) in [6.07, 6.45) is 0.467. The molecule has 0 fully saturated rings. The zero-order valence-corrected chi connectivity index (χ0v) is 12.4. The molecule has 0 atom stereocenters. The van der Waals surface area contributed by atoms with E-state index in [9.17, 15) is 14.7 Å². The first-order valence-corrected chi connectivity index (χ1v) is 6.36. The Morgan fingerprint density at radius 3 is 2.62 bits per heavy atom. The van der Waals surface area contributed by atoms with Gasteiger partial charge in [0, 0.05) is 18.2 Å². The first kappa shape index (κ1) is 15.1. The fraction of sp³-hybridized carbons (Fsp3) is 0.333. The monoisotopic (exact) mass is 291 g/mol. The van der Waals surface area contributed by atoms with E-state index in [1.165, 1.54) is 13.2 Å². The summed E-state index contributed by atoms with van der Waals surface area (Å²) in [6.45, 7) is 2.14. The van der Waals surface area contributed by atoms with Crippen molar-refractivity contribution in [3.05, 3.63) is 33.2 Å². The lowest BCUT2D eigenvalue weighted by Crippen LogP contribution is -2.17. The summed E-state index contributed by atoms with van der Waals surface area (Å²) in [6, 6.07) is 1.35. The predicted molar refractivity (Wildman–Crippen MR) is 78.2 cm³/mol. The van der Waals surface area contributed by atoms with Crippen molar-refractivity contribution in [3.8, 4) is 11.5 Å². The van der Waals surface area contributed by atoms with E-state index < -0.39 is 5.63 Å². The summed E-state index contributed by atoms with van der Waals surface area (Å²) in [4.78, 5) is 25.1. The fourth-order valence-corrected chi connectivity index (χ4v) is 2.30. The maximum atomic E-state index is 12.0. The van der Waals surface area contributed by atoms with E-state index in [1.54, 1.807) is 6.92 Å². The molecule has 21 heavy (non-hydrogen) atoms. The summed E-state index contributed by atoms with van der Waals surface area (Å²) >= 11 is 0. The summed E-state index contributed by atoms with van der Waals surface area (Å²) in [7, 11) is 5.19. The Bertz CT molecular complexity index is 761. The Hall–Kier alpha value is -2.34. The lowest BCUT2D eigenvalue weighted by molar-refractivity contribution is 0.112. The number of carbonyl (C=O) groups is 1. The number of phenols is 1. The van der Waals surface area contributed by atoms with Crippen LogP contribution in [0.3, 0.4) is 0 Å². The van der Waals surface area contributed by atoms with Crippen molar-refractivity contribution in [3.63, 3.8) is 0 Å². The second-order valence-corrected chi connectivity index (χ2v) is 5.06. The van der Waals surface area contributed by atoms with Crippen LogP contribution < -0.4 is 10.4 Å². The van der Waals surface area contributed by atoms with E-state index in [2.05, 4.69) is 0 Å². The number of rotatable bonds is 4. The summed E-state index contributed by atoms with van der Waals surface area (Å²) in [5.41, 5.74) is 0.635. The Labute approximate surface area is 121 Å². The van der Waals surface area contributed by atoms with Gasteiger partial charge in [-0.25, -0.2) is 4.79 Å². The topological polar surface area (TPSA) is 80.0 Å². The molecule has 6 nitrogen and oxygen atoms in total. The van der Waals surface area contributed by atoms with E-state index in [1.807, 2.05) is 19.0 Å². The van der Waals surface area contributed by atoms with Crippen molar-refractivity contribution < 1.29 is 19.1 Å². The van der Waals surface area contributed by atoms with Crippen molar-refractivity contribution in [2.75, 3.05) is 21.2 Å². The molecule has 112 valence electrons. The molecule has 2 aromatic rings. The van der Waals surface area contributed by atoms with Gasteiger partial charge in [-0.1, -0.05) is 0 Å². The highest BCUT2D eigenvalue weighted by Gasteiger charge is 2.21. The molecular weight excluding hydrogens is 274 g/mol. The van der Waals surface area contributed by atoms with Gasteiger partial charge in [0.15, 0.2) is 11.9 Å². The van der Waals surface area contributed by atoms with Gasteiger partial charge in [-0.2, -0.15) is 0 Å². The number of nitrogens with zero attached hydrogens (tertiary/aromatic N) is 1. The molecule has 0 bridgehead atoms. The number of hydrogen-bond donors (Lipinski definition) is 1. The SMILES string of the molecule is COc1cc(O)c(C=O)c2oc(=O)c(C)c(CN(C)C)c12. The molecule has 0 amide bonds. The van der Waals surface area contributed by atoms with Crippen molar-refractivity contribution in [2.24, 2.45) is 0 Å². The maximum absolute atomic E-state index is 12.0. The Balaban J connectivity index is 3.02. The first-order valence-electron chi connectivity index (χ1n) is 6.36. The van der Waals surface area contributed by atoms with Crippen LogP contribution in [0.25, 0.3) is 11.0 Å². The first-order chi connectivity index (χ1) is 9.90. The van der Waals surface area contributed by atoms with E-state index in [-0.39, 0.29) is 16.9 Å². The quantitative estimate of drug-likeness (QED) is 0.682. The van der Waals surface area contributed by atoms with Crippen molar-refractivity contribution >= 4 is 17.3 Å². The van der Waals surface area contributed by atoms with Crippen LogP contribution >= 0.6 is 0 Å². The zero-order chi connectivity index (χ0) is 15.7. The molecule has 6 heteroatoms. The van der Waals surface area contributed by atoms with E-state index in [0.717, 1.165) is 0 Å². The third kappa shape index (κ3) is 2.50. The number of ether oxygens (including phenoxy) is 1. The van der Waals surface area contributed by atoms with Crippen LogP contribution in [-0.2, 0) is 6.54 Å². The van der Waals surface area contributed by atoms with Gasteiger partial charge in [0.25, 0.3) is 0 Å². The standard InChI is InChI=1S/C15H17NO5/c1-8-9(6-16(2)3)13-12(20-4)5-11(18)10(7-17)14(13)21-15(8)19/h5,7,18H,6H2,1-4H3. The van der Waals surface area contributed by atoms with Crippen LogP contribution in [-0.4, -0.2) is 37.5 Å². The van der Waals surface area contributed by atoms with Crippen molar-refractivity contribution in [1.82, 2.24) is 4.90 Å². The third-order valence-electron chi connectivity index (χ3n) is 3.33. The van der Waals surface area contributed by atoms with Crippen LogP contribution in [0.2, 0.25) is 0 Å². The highest BCUT2D eigenvalue weighted by Crippen LogP contribution is 2.36. The second kappa shape index (κ2) is 5.57. The molecule has 0 radical (unpaired) electrons. The molecule has 0 aliphatic heterocycles. The lowest BCUT2D eigenvalue weighted by atomic mass is 10.0. The van der Waals surface area contributed by atoms with Crippen LogP contribution in [0.1, 0.15) is 21.5 Å². The van der Waals surface area contributed by atoms with Crippen molar-refractivity contribution in [2.45, 2.75) is 13.5 Å². The second-order valence-electron chi connectivity index (χ2n) is 5.06. The zero-order valence-electron chi connectivity index (χ0n) is 12.4. The minimum absolute atomic E-state index is 0.0503. The Kier molecular flexibility index (Phi) is 3.99. The summed E-state index contributed by atoms with van der Waals surface area (Å²) in [5.74, 6) is 0.0777. The molecule has 2 rings (SSSR count). The molecule has 1 aromatic heterocycles. The van der Waals surface area contributed by atoms with E-state index in [0.29, 0.717) is 35.1 Å². The lowest BCUT2D eigenvalue weighted by Gasteiger charge is -2.17. The van der Waals surface area contributed by atoms with Gasteiger partial charge in [0.1, 0.15) is 11.5 Å². The van der Waals surface area contributed by atoms with Gasteiger partial charge in [0.2, 0.25) is 0 Å². The van der Waals surface area contributed by atoms with Gasteiger partial charge in [-0.3, -0.25) is 4.79 Å². The number of phenolic OH excluding ortho intramolecular Hbond substituents is 1. The van der Waals surface area contributed by atoms with Gasteiger partial charge < -0.3 is 19.2 Å². The molecule has 0 aliphatic rings. The molecule has 0 saturated heterocycles. The van der Waals surface area contributed by atoms with E-state index in [4.69, 9.17) is 9.15 Å². The maximum Gasteiger partial charge on any atom is 0.339 e. The molecular formula is C15H17NO5. The predicted octanol–water partition coefficient (Wildman–Crippen LogP) is 1.69. The number of aldehydes is 1. The molecule has 1 aromatic carbocycles. The molecule has 0 aliphatic carbocycles. The third-order valence-corrected chi connectivity index (χ3v) is 3.33.